The van der Waals surface area contributed by atoms with Crippen LogP contribution in [0.5, 0.6) is 5.75 Å². The lowest BCUT2D eigenvalue weighted by Gasteiger charge is -2.38. The van der Waals surface area contributed by atoms with Gasteiger partial charge in [0, 0.05) is 30.9 Å². The first-order valence-corrected chi connectivity index (χ1v) is 12.1. The zero-order valence-electron chi connectivity index (χ0n) is 20.3. The number of rotatable bonds is 8. The molecule has 0 saturated carbocycles. The van der Waals surface area contributed by atoms with Gasteiger partial charge in [0.05, 0.1) is 7.11 Å². The van der Waals surface area contributed by atoms with Gasteiger partial charge in [0.15, 0.2) is 11.6 Å². The zero-order chi connectivity index (χ0) is 25.8. The highest BCUT2D eigenvalue weighted by Crippen LogP contribution is 2.33. The van der Waals surface area contributed by atoms with Crippen molar-refractivity contribution < 1.29 is 23.8 Å². The molecular formula is C27H31FN4O4. The first-order valence-electron chi connectivity index (χ1n) is 12.1. The fraction of sp³-hybridized carbons (Fsp3) is 0.370. The molecule has 2 aliphatic heterocycles. The van der Waals surface area contributed by atoms with Crippen LogP contribution in [0.3, 0.4) is 0 Å². The number of anilines is 2. The van der Waals surface area contributed by atoms with E-state index in [0.717, 1.165) is 24.2 Å². The molecule has 8 nitrogen and oxygen atoms in total. The van der Waals surface area contributed by atoms with E-state index in [-0.39, 0.29) is 17.4 Å². The number of amides is 2. The summed E-state index contributed by atoms with van der Waals surface area (Å²) in [5.41, 5.74) is 8.29. The van der Waals surface area contributed by atoms with Gasteiger partial charge in [0.25, 0.3) is 5.91 Å². The lowest BCUT2D eigenvalue weighted by molar-refractivity contribution is -0.119. The number of benzene rings is 2. The minimum Gasteiger partial charge on any atom is -0.494 e. The Hall–Kier alpha value is -3.72. The fourth-order valence-corrected chi connectivity index (χ4v) is 4.89. The summed E-state index contributed by atoms with van der Waals surface area (Å²) < 4.78 is 19.1. The molecule has 0 aromatic heterocycles. The van der Waals surface area contributed by atoms with Gasteiger partial charge in [-0.15, -0.1) is 0 Å². The van der Waals surface area contributed by atoms with E-state index < -0.39 is 18.0 Å². The molecule has 0 bridgehead atoms. The maximum absolute atomic E-state index is 14.2. The number of hydrogen-bond acceptors (Lipinski definition) is 6. The van der Waals surface area contributed by atoms with E-state index in [9.17, 15) is 19.1 Å². The summed E-state index contributed by atoms with van der Waals surface area (Å²) in [5.74, 6) is -1.07. The zero-order valence-corrected chi connectivity index (χ0v) is 20.3. The molecule has 0 spiro atoms. The third-order valence-electron chi connectivity index (χ3n) is 6.86. The number of ether oxygens (including phenoxy) is 1. The number of primary amides is 1. The summed E-state index contributed by atoms with van der Waals surface area (Å²) in [4.78, 5) is 27.6. The molecule has 4 N–H and O–H groups in total. The predicted molar refractivity (Wildman–Crippen MR) is 136 cm³/mol. The average Bonchev–Trinajstić information content (AvgIpc) is 2.88. The van der Waals surface area contributed by atoms with E-state index in [1.165, 1.54) is 13.2 Å². The fourth-order valence-electron chi connectivity index (χ4n) is 4.89. The van der Waals surface area contributed by atoms with Gasteiger partial charge in [-0.3, -0.25) is 15.0 Å². The van der Waals surface area contributed by atoms with Crippen molar-refractivity contribution in [3.63, 3.8) is 0 Å². The maximum atomic E-state index is 14.2. The summed E-state index contributed by atoms with van der Waals surface area (Å²) in [6, 6.07) is 12.1. The smallest absolute Gasteiger partial charge is 0.266 e. The third kappa shape index (κ3) is 5.26. The Balaban J connectivity index is 1.57. The van der Waals surface area contributed by atoms with Crippen LogP contribution >= 0.6 is 0 Å². The maximum Gasteiger partial charge on any atom is 0.266 e. The number of piperidine rings is 1. The van der Waals surface area contributed by atoms with E-state index in [1.807, 2.05) is 24.3 Å². The van der Waals surface area contributed by atoms with E-state index in [1.54, 1.807) is 21.9 Å². The van der Waals surface area contributed by atoms with Crippen LogP contribution in [0.15, 0.2) is 53.6 Å². The van der Waals surface area contributed by atoms with Crippen LogP contribution in [0.25, 0.3) is 0 Å². The van der Waals surface area contributed by atoms with Gasteiger partial charge in [-0.2, -0.15) is 0 Å². The second kappa shape index (κ2) is 10.9. The number of aryl methyl sites for hydroxylation is 1. The lowest BCUT2D eigenvalue weighted by atomic mass is 9.89. The van der Waals surface area contributed by atoms with Crippen LogP contribution in [0.1, 0.15) is 37.7 Å². The Morgan fingerprint density at radius 2 is 1.83 bits per heavy atom. The number of halogens is 1. The molecule has 36 heavy (non-hydrogen) atoms. The van der Waals surface area contributed by atoms with Crippen LogP contribution in [0.2, 0.25) is 0 Å². The molecule has 2 amide bonds. The number of aliphatic hydroxyl groups excluding tert-OH is 1. The number of carbonyl (C=O) groups excluding carboxylic acids is 2. The lowest BCUT2D eigenvalue weighted by Crippen LogP contribution is -2.44. The number of nitrogens with one attached hydrogen (secondary N) is 1. The SMILES string of the molecule is COc1ccc(CCC2=C(C(=N)C(N)=O)CCN(c3ccc(N4CCCCC4=O)cc3)C2O)cc1F. The highest BCUT2D eigenvalue weighted by molar-refractivity contribution is 6.43. The van der Waals surface area contributed by atoms with Gasteiger partial charge in [-0.25, -0.2) is 4.39 Å². The molecule has 0 radical (unpaired) electrons. The second-order valence-corrected chi connectivity index (χ2v) is 9.05. The summed E-state index contributed by atoms with van der Waals surface area (Å²) in [7, 11) is 1.40. The molecular weight excluding hydrogens is 463 g/mol. The molecule has 4 rings (SSSR count). The third-order valence-corrected chi connectivity index (χ3v) is 6.86. The van der Waals surface area contributed by atoms with Crippen molar-refractivity contribution in [3.05, 3.63) is 65.0 Å². The summed E-state index contributed by atoms with van der Waals surface area (Å²) in [6.45, 7) is 1.08. The normalized spacial score (nSPS) is 18.4. The number of methoxy groups -OCH3 is 1. The standard InChI is InChI=1S/C27H31FN4O4/c1-36-23-12-6-17(16-22(23)28)5-11-21-20(25(29)26(30)34)13-15-32(27(21)35)19-9-7-18(8-10-19)31-14-3-2-4-24(31)33/h6-10,12,16,27,29,35H,2-5,11,13-15H2,1H3,(H2,30,34). The van der Waals surface area contributed by atoms with Crippen molar-refractivity contribution in [2.75, 3.05) is 30.0 Å². The number of nitrogens with zero attached hydrogens (tertiary/aromatic N) is 2. The monoisotopic (exact) mass is 494 g/mol. The Bertz CT molecular complexity index is 1190. The van der Waals surface area contributed by atoms with Crippen LogP contribution in [0.4, 0.5) is 15.8 Å². The summed E-state index contributed by atoms with van der Waals surface area (Å²) >= 11 is 0. The predicted octanol–water partition coefficient (Wildman–Crippen LogP) is 3.31. The molecule has 0 aliphatic carbocycles. The highest BCUT2D eigenvalue weighted by atomic mass is 19.1. The van der Waals surface area contributed by atoms with Crippen LogP contribution in [-0.4, -0.2) is 49.1 Å². The minimum atomic E-state index is -1.08. The van der Waals surface area contributed by atoms with Gasteiger partial charge in [-0.05, 0) is 85.2 Å². The largest absolute Gasteiger partial charge is 0.494 e. The van der Waals surface area contributed by atoms with E-state index >= 15 is 0 Å². The van der Waals surface area contributed by atoms with Crippen molar-refractivity contribution in [3.8, 4) is 5.75 Å². The molecule has 2 aliphatic rings. The van der Waals surface area contributed by atoms with Gasteiger partial charge >= 0.3 is 0 Å². The van der Waals surface area contributed by atoms with E-state index in [0.29, 0.717) is 55.5 Å². The molecule has 190 valence electrons. The van der Waals surface area contributed by atoms with Crippen LogP contribution in [0, 0.1) is 11.2 Å². The highest BCUT2D eigenvalue weighted by Gasteiger charge is 2.31. The van der Waals surface area contributed by atoms with Gasteiger partial charge < -0.3 is 25.4 Å². The molecule has 2 aromatic rings. The van der Waals surface area contributed by atoms with Crippen molar-refractivity contribution >= 4 is 28.9 Å². The molecule has 9 heteroatoms. The minimum absolute atomic E-state index is 0.113. The first kappa shape index (κ1) is 25.4. The molecule has 2 aromatic carbocycles. The van der Waals surface area contributed by atoms with Crippen LogP contribution < -0.4 is 20.3 Å². The van der Waals surface area contributed by atoms with E-state index in [2.05, 4.69) is 0 Å². The number of carbonyl (C=O) groups is 2. The molecule has 1 saturated heterocycles. The molecule has 1 atom stereocenters. The Kier molecular flexibility index (Phi) is 7.69. The molecule has 1 unspecified atom stereocenters. The Labute approximate surface area is 209 Å². The van der Waals surface area contributed by atoms with Crippen LogP contribution in [-0.2, 0) is 16.0 Å². The number of aliphatic hydroxyl groups is 1. The Morgan fingerprint density at radius 3 is 2.47 bits per heavy atom. The van der Waals surface area contributed by atoms with Crippen molar-refractivity contribution in [1.29, 1.82) is 5.41 Å². The second-order valence-electron chi connectivity index (χ2n) is 9.05. The van der Waals surface area contributed by atoms with Gasteiger partial charge in [0.1, 0.15) is 11.9 Å². The molecule has 2 heterocycles. The van der Waals surface area contributed by atoms with Gasteiger partial charge in [0.2, 0.25) is 5.91 Å². The number of hydrogen-bond donors (Lipinski definition) is 3. The Morgan fingerprint density at radius 1 is 1.11 bits per heavy atom. The first-order chi connectivity index (χ1) is 17.3. The summed E-state index contributed by atoms with van der Waals surface area (Å²) in [6.07, 6.45) is 2.42. The van der Waals surface area contributed by atoms with Crippen molar-refractivity contribution in [2.24, 2.45) is 5.73 Å². The van der Waals surface area contributed by atoms with E-state index in [4.69, 9.17) is 15.9 Å². The quantitative estimate of drug-likeness (QED) is 0.487. The van der Waals surface area contributed by atoms with Crippen molar-refractivity contribution in [2.45, 2.75) is 44.8 Å². The average molecular weight is 495 g/mol. The molecule has 1 fully saturated rings. The van der Waals surface area contributed by atoms with Gasteiger partial charge in [-0.1, -0.05) is 6.07 Å². The van der Waals surface area contributed by atoms with Crippen molar-refractivity contribution in [1.82, 2.24) is 0 Å². The number of nitrogens with two attached hydrogens (primary N) is 1. The summed E-state index contributed by atoms with van der Waals surface area (Å²) in [5, 5.41) is 19.5. The topological polar surface area (TPSA) is 120 Å².